The number of rotatable bonds is 4. The average molecular weight is 439 g/mol. The first-order valence-corrected chi connectivity index (χ1v) is 10.1. The summed E-state index contributed by atoms with van der Waals surface area (Å²) in [5.41, 5.74) is 1.22. The van der Waals surface area contributed by atoms with Crippen molar-refractivity contribution in [2.24, 2.45) is 0 Å². The van der Waals surface area contributed by atoms with E-state index in [1.54, 1.807) is 17.0 Å². The fourth-order valence-electron chi connectivity index (χ4n) is 3.66. The molecule has 0 spiro atoms. The van der Waals surface area contributed by atoms with Crippen LogP contribution in [0.15, 0.2) is 65.1 Å². The predicted molar refractivity (Wildman–Crippen MR) is 111 cm³/mol. The molecule has 0 radical (unpaired) electrons. The quantitative estimate of drug-likeness (QED) is 0.586. The summed E-state index contributed by atoms with van der Waals surface area (Å²) >= 11 is 0. The third kappa shape index (κ3) is 4.84. The first-order valence-electron chi connectivity index (χ1n) is 10.1. The van der Waals surface area contributed by atoms with Gasteiger partial charge in [0.1, 0.15) is 5.76 Å². The lowest BCUT2D eigenvalue weighted by Gasteiger charge is -2.34. The van der Waals surface area contributed by atoms with E-state index < -0.39 is 11.7 Å². The number of alkyl halides is 3. The fourth-order valence-corrected chi connectivity index (χ4v) is 3.66. The molecule has 1 saturated heterocycles. The molecule has 0 N–H and O–H groups in total. The van der Waals surface area contributed by atoms with E-state index in [0.717, 1.165) is 24.2 Å². The highest BCUT2D eigenvalue weighted by molar-refractivity contribution is 5.92. The van der Waals surface area contributed by atoms with Crippen LogP contribution in [0.4, 0.5) is 13.2 Å². The normalized spacial score (nSPS) is 14.9. The van der Waals surface area contributed by atoms with Gasteiger partial charge >= 0.3 is 6.18 Å². The number of piperazine rings is 1. The van der Waals surface area contributed by atoms with Crippen LogP contribution in [0, 0.1) is 11.3 Å². The van der Waals surface area contributed by atoms with Crippen LogP contribution in [0.25, 0.3) is 11.3 Å². The Hall–Kier alpha value is -3.57. The van der Waals surface area contributed by atoms with Crippen molar-refractivity contribution in [3.8, 4) is 17.4 Å². The van der Waals surface area contributed by atoms with Crippen LogP contribution in [0.3, 0.4) is 0 Å². The van der Waals surface area contributed by atoms with Gasteiger partial charge in [-0.3, -0.25) is 9.69 Å². The van der Waals surface area contributed by atoms with Gasteiger partial charge in [-0.2, -0.15) is 18.4 Å². The molecule has 1 fully saturated rings. The second-order valence-corrected chi connectivity index (χ2v) is 7.62. The number of benzene rings is 2. The van der Waals surface area contributed by atoms with Gasteiger partial charge in [-0.1, -0.05) is 24.3 Å². The molecule has 2 heterocycles. The van der Waals surface area contributed by atoms with Crippen LogP contribution in [0.2, 0.25) is 0 Å². The zero-order chi connectivity index (χ0) is 22.7. The molecule has 4 rings (SSSR count). The van der Waals surface area contributed by atoms with Crippen molar-refractivity contribution in [1.29, 1.82) is 5.26 Å². The summed E-state index contributed by atoms with van der Waals surface area (Å²) in [5.74, 6) is 0.0538. The SMILES string of the molecule is N#Cc1ccc(CN2CCN(C(=O)c3ccc(-c4cccc(C(F)(F)F)c4)o3)CC2)cc1. The van der Waals surface area contributed by atoms with Crippen molar-refractivity contribution in [3.63, 3.8) is 0 Å². The maximum absolute atomic E-state index is 13.0. The molecule has 0 bridgehead atoms. The monoisotopic (exact) mass is 439 g/mol. The molecule has 0 aliphatic carbocycles. The zero-order valence-corrected chi connectivity index (χ0v) is 17.1. The van der Waals surface area contributed by atoms with E-state index in [4.69, 9.17) is 9.68 Å². The molecule has 1 amide bonds. The van der Waals surface area contributed by atoms with E-state index in [1.807, 2.05) is 12.1 Å². The summed E-state index contributed by atoms with van der Waals surface area (Å²) in [6, 6.07) is 17.4. The zero-order valence-electron chi connectivity index (χ0n) is 17.1. The third-order valence-corrected chi connectivity index (χ3v) is 5.44. The third-order valence-electron chi connectivity index (χ3n) is 5.44. The van der Waals surface area contributed by atoms with Crippen molar-refractivity contribution in [2.75, 3.05) is 26.2 Å². The van der Waals surface area contributed by atoms with E-state index in [0.29, 0.717) is 31.7 Å². The second kappa shape index (κ2) is 8.89. The largest absolute Gasteiger partial charge is 0.451 e. The Morgan fingerprint density at radius 3 is 2.38 bits per heavy atom. The van der Waals surface area contributed by atoms with Crippen molar-refractivity contribution in [3.05, 3.63) is 83.1 Å². The molecule has 1 aromatic heterocycles. The van der Waals surface area contributed by atoms with Crippen molar-refractivity contribution in [1.82, 2.24) is 9.80 Å². The maximum Gasteiger partial charge on any atom is 0.416 e. The summed E-state index contributed by atoms with van der Waals surface area (Å²) in [7, 11) is 0. The molecule has 5 nitrogen and oxygen atoms in total. The van der Waals surface area contributed by atoms with Crippen LogP contribution < -0.4 is 0 Å². The highest BCUT2D eigenvalue weighted by Gasteiger charge is 2.31. The Morgan fingerprint density at radius 1 is 1.00 bits per heavy atom. The van der Waals surface area contributed by atoms with Gasteiger partial charge in [-0.15, -0.1) is 0 Å². The van der Waals surface area contributed by atoms with Crippen molar-refractivity contribution >= 4 is 5.91 Å². The molecule has 0 unspecified atom stereocenters. The number of hydrogen-bond acceptors (Lipinski definition) is 4. The van der Waals surface area contributed by atoms with Crippen LogP contribution in [0.1, 0.15) is 27.2 Å². The van der Waals surface area contributed by atoms with E-state index in [9.17, 15) is 18.0 Å². The van der Waals surface area contributed by atoms with Gasteiger partial charge in [0.05, 0.1) is 17.2 Å². The molecular formula is C24H20F3N3O2. The smallest absolute Gasteiger partial charge is 0.416 e. The standard InChI is InChI=1S/C24H20F3N3O2/c25-24(26,27)20-3-1-2-19(14-20)21-8-9-22(32-21)23(31)30-12-10-29(11-13-30)16-18-6-4-17(15-28)5-7-18/h1-9,14H,10-13,16H2. The lowest BCUT2D eigenvalue weighted by Crippen LogP contribution is -2.48. The summed E-state index contributed by atoms with van der Waals surface area (Å²) in [4.78, 5) is 16.7. The summed E-state index contributed by atoms with van der Waals surface area (Å²) in [6.07, 6.45) is -4.45. The van der Waals surface area contributed by atoms with Gasteiger partial charge in [-0.25, -0.2) is 0 Å². The molecule has 0 atom stereocenters. The Morgan fingerprint density at radius 2 is 1.72 bits per heavy atom. The molecule has 2 aromatic carbocycles. The van der Waals surface area contributed by atoms with E-state index in [2.05, 4.69) is 11.0 Å². The number of furan rings is 1. The van der Waals surface area contributed by atoms with Crippen LogP contribution in [-0.4, -0.2) is 41.9 Å². The van der Waals surface area contributed by atoms with Crippen LogP contribution >= 0.6 is 0 Å². The molecule has 1 aliphatic rings. The minimum Gasteiger partial charge on any atom is -0.451 e. The lowest BCUT2D eigenvalue weighted by atomic mass is 10.1. The van der Waals surface area contributed by atoms with E-state index in [-0.39, 0.29) is 23.0 Å². The number of carbonyl (C=O) groups is 1. The predicted octanol–water partition coefficient (Wildman–Crippen LogP) is 4.80. The Bertz CT molecular complexity index is 1140. The topological polar surface area (TPSA) is 60.5 Å². The number of hydrogen-bond donors (Lipinski definition) is 0. The molecular weight excluding hydrogens is 419 g/mol. The lowest BCUT2D eigenvalue weighted by molar-refractivity contribution is -0.137. The van der Waals surface area contributed by atoms with Crippen LogP contribution in [-0.2, 0) is 12.7 Å². The summed E-state index contributed by atoms with van der Waals surface area (Å²) in [6.45, 7) is 3.15. The van der Waals surface area contributed by atoms with Gasteiger partial charge in [-0.05, 0) is 42.0 Å². The van der Waals surface area contributed by atoms with E-state index in [1.165, 1.54) is 24.3 Å². The fraction of sp³-hybridized carbons (Fsp3) is 0.250. The summed E-state index contributed by atoms with van der Waals surface area (Å²) < 4.78 is 44.5. The summed E-state index contributed by atoms with van der Waals surface area (Å²) in [5, 5.41) is 8.88. The minimum atomic E-state index is -4.45. The van der Waals surface area contributed by atoms with E-state index >= 15 is 0 Å². The Kier molecular flexibility index (Phi) is 6.01. The van der Waals surface area contributed by atoms with Gasteiger partial charge in [0.15, 0.2) is 5.76 Å². The highest BCUT2D eigenvalue weighted by atomic mass is 19.4. The molecule has 1 aliphatic heterocycles. The van der Waals surface area contributed by atoms with Crippen LogP contribution in [0.5, 0.6) is 0 Å². The molecule has 164 valence electrons. The Labute approximate surface area is 183 Å². The Balaban J connectivity index is 1.37. The van der Waals surface area contributed by atoms with Gasteiger partial charge < -0.3 is 9.32 Å². The number of carbonyl (C=O) groups excluding carboxylic acids is 1. The number of halogens is 3. The number of amides is 1. The molecule has 0 saturated carbocycles. The molecule has 32 heavy (non-hydrogen) atoms. The van der Waals surface area contributed by atoms with Gasteiger partial charge in [0, 0.05) is 38.3 Å². The number of nitrogens with zero attached hydrogens (tertiary/aromatic N) is 3. The van der Waals surface area contributed by atoms with Crippen molar-refractivity contribution < 1.29 is 22.4 Å². The first-order chi connectivity index (χ1) is 15.3. The minimum absolute atomic E-state index is 0.109. The first kappa shape index (κ1) is 21.7. The maximum atomic E-state index is 13.0. The molecule has 8 heteroatoms. The number of nitriles is 1. The molecule has 3 aromatic rings. The van der Waals surface area contributed by atoms with Gasteiger partial charge in [0.2, 0.25) is 0 Å². The highest BCUT2D eigenvalue weighted by Crippen LogP contribution is 2.32. The average Bonchev–Trinajstić information content (AvgIpc) is 3.30. The van der Waals surface area contributed by atoms with Crippen molar-refractivity contribution in [2.45, 2.75) is 12.7 Å². The second-order valence-electron chi connectivity index (χ2n) is 7.62. The van der Waals surface area contributed by atoms with Gasteiger partial charge in [0.25, 0.3) is 5.91 Å².